The Balaban J connectivity index is 1.58. The maximum Gasteiger partial charge on any atom is 0.326 e. The fraction of sp³-hybridized carbons (Fsp3) is 0.227. The summed E-state index contributed by atoms with van der Waals surface area (Å²) in [5.41, 5.74) is 3.12. The van der Waals surface area contributed by atoms with Gasteiger partial charge < -0.3 is 20.3 Å². The molecule has 0 radical (unpaired) electrons. The lowest BCUT2D eigenvalue weighted by molar-refractivity contribution is -0.142. The molecule has 0 unspecified atom stereocenters. The number of nitrogens with one attached hydrogen (secondary N) is 2. The molecule has 3 N–H and O–H groups in total. The van der Waals surface area contributed by atoms with Crippen molar-refractivity contribution >= 4 is 34.4 Å². The number of aliphatic carboxylic acids is 1. The molecule has 2 amide bonds. The second-order valence-electron chi connectivity index (χ2n) is 7.23. The lowest BCUT2D eigenvalue weighted by Crippen LogP contribution is -2.46. The molecule has 29 heavy (non-hydrogen) atoms. The first-order chi connectivity index (χ1) is 14.0. The number of benzene rings is 2. The summed E-state index contributed by atoms with van der Waals surface area (Å²) in [6.45, 7) is 0. The first-order valence-corrected chi connectivity index (χ1v) is 9.39. The van der Waals surface area contributed by atoms with Crippen LogP contribution < -0.4 is 10.2 Å². The number of hydrogen-bond donors (Lipinski definition) is 3. The molecule has 1 aliphatic heterocycles. The zero-order valence-corrected chi connectivity index (χ0v) is 15.9. The lowest BCUT2D eigenvalue weighted by Gasteiger charge is -2.31. The van der Waals surface area contributed by atoms with Gasteiger partial charge in [0.2, 0.25) is 11.8 Å². The van der Waals surface area contributed by atoms with E-state index in [0.29, 0.717) is 5.69 Å². The van der Waals surface area contributed by atoms with Gasteiger partial charge in [-0.25, -0.2) is 4.79 Å². The Morgan fingerprint density at radius 3 is 2.72 bits per heavy atom. The van der Waals surface area contributed by atoms with Crippen LogP contribution in [0.1, 0.15) is 23.5 Å². The van der Waals surface area contributed by atoms with Crippen molar-refractivity contribution in [1.29, 1.82) is 0 Å². The van der Waals surface area contributed by atoms with Gasteiger partial charge in [-0.2, -0.15) is 0 Å². The summed E-state index contributed by atoms with van der Waals surface area (Å²) in [4.78, 5) is 41.8. The van der Waals surface area contributed by atoms with Gasteiger partial charge in [-0.05, 0) is 23.3 Å². The molecule has 0 aliphatic carbocycles. The van der Waals surface area contributed by atoms with Crippen LogP contribution in [0.2, 0.25) is 0 Å². The number of carbonyl (C=O) groups is 3. The van der Waals surface area contributed by atoms with Crippen LogP contribution in [0.4, 0.5) is 5.69 Å². The minimum absolute atomic E-state index is 0.0127. The molecular formula is C22H21N3O4. The maximum atomic E-state index is 13.0. The highest BCUT2D eigenvalue weighted by molar-refractivity contribution is 6.03. The van der Waals surface area contributed by atoms with Gasteiger partial charge in [-0.3, -0.25) is 9.59 Å². The van der Waals surface area contributed by atoms with E-state index in [4.69, 9.17) is 0 Å². The normalized spacial score (nSPS) is 17.1. The number of hydrogen-bond acceptors (Lipinski definition) is 3. The first kappa shape index (κ1) is 18.7. The smallest absolute Gasteiger partial charge is 0.326 e. The van der Waals surface area contributed by atoms with Crippen LogP contribution in [0.25, 0.3) is 10.9 Å². The fourth-order valence-electron chi connectivity index (χ4n) is 3.87. The van der Waals surface area contributed by atoms with Crippen molar-refractivity contribution in [2.45, 2.75) is 24.8 Å². The number of aromatic nitrogens is 1. The highest BCUT2D eigenvalue weighted by Gasteiger charge is 2.35. The molecule has 4 rings (SSSR count). The zero-order valence-electron chi connectivity index (χ0n) is 15.9. The monoisotopic (exact) mass is 391 g/mol. The van der Waals surface area contributed by atoms with Gasteiger partial charge >= 0.3 is 5.97 Å². The standard InChI is InChI=1S/C22H21N3O4/c1-25-19-9-5-3-7-15(19)16(11-20(25)26)21(27)24-18(22(28)29)10-13-12-23-17-8-4-2-6-14(13)17/h2-9,12,16,18,23H,10-11H2,1H3,(H,24,27)(H,28,29)/t16-,18+/m1/s1. The average Bonchev–Trinajstić information content (AvgIpc) is 3.13. The predicted octanol–water partition coefficient (Wildman–Crippen LogP) is 2.43. The zero-order chi connectivity index (χ0) is 20.5. The number of para-hydroxylation sites is 2. The van der Waals surface area contributed by atoms with Crippen LogP contribution in [0.15, 0.2) is 54.7 Å². The molecule has 0 bridgehead atoms. The highest BCUT2D eigenvalue weighted by Crippen LogP contribution is 2.35. The summed E-state index contributed by atoms with van der Waals surface area (Å²) in [5, 5.41) is 13.2. The topological polar surface area (TPSA) is 103 Å². The van der Waals surface area contributed by atoms with Gasteiger partial charge in [0.25, 0.3) is 0 Å². The molecule has 0 saturated heterocycles. The molecule has 0 fully saturated rings. The van der Waals surface area contributed by atoms with Crippen molar-refractivity contribution in [3.8, 4) is 0 Å². The molecule has 3 aromatic rings. The predicted molar refractivity (Wildman–Crippen MR) is 109 cm³/mol. The highest BCUT2D eigenvalue weighted by atomic mass is 16.4. The second-order valence-corrected chi connectivity index (χ2v) is 7.23. The van der Waals surface area contributed by atoms with Gasteiger partial charge in [0.15, 0.2) is 0 Å². The number of nitrogens with zero attached hydrogens (tertiary/aromatic N) is 1. The molecule has 2 heterocycles. The second kappa shape index (κ2) is 7.43. The third-order valence-electron chi connectivity index (χ3n) is 5.46. The van der Waals surface area contributed by atoms with E-state index in [0.717, 1.165) is 22.0 Å². The maximum absolute atomic E-state index is 13.0. The Bertz CT molecular complexity index is 1100. The molecule has 7 heteroatoms. The SMILES string of the molecule is CN1C(=O)C[C@@H](C(=O)N[C@@H](Cc2c[nH]c3ccccc23)C(=O)O)c2ccccc21. The Morgan fingerprint density at radius 1 is 1.21 bits per heavy atom. The number of H-pyrrole nitrogens is 1. The van der Waals surface area contributed by atoms with Crippen molar-refractivity contribution in [3.63, 3.8) is 0 Å². The third-order valence-corrected chi connectivity index (χ3v) is 5.46. The quantitative estimate of drug-likeness (QED) is 0.622. The summed E-state index contributed by atoms with van der Waals surface area (Å²) in [7, 11) is 1.67. The van der Waals surface area contributed by atoms with Gasteiger partial charge in [-0.15, -0.1) is 0 Å². The van der Waals surface area contributed by atoms with Crippen LogP contribution in [0.5, 0.6) is 0 Å². The molecule has 0 saturated carbocycles. The molecule has 1 aromatic heterocycles. The van der Waals surface area contributed by atoms with Gasteiger partial charge in [0.05, 0.1) is 5.92 Å². The van der Waals surface area contributed by atoms with E-state index < -0.39 is 23.8 Å². The number of fused-ring (bicyclic) bond motifs is 2. The van der Waals surface area contributed by atoms with E-state index in [2.05, 4.69) is 10.3 Å². The molecule has 2 aromatic carbocycles. The first-order valence-electron chi connectivity index (χ1n) is 9.39. The van der Waals surface area contributed by atoms with Gasteiger partial charge in [-0.1, -0.05) is 36.4 Å². The van der Waals surface area contributed by atoms with E-state index in [1.54, 1.807) is 31.4 Å². The summed E-state index contributed by atoms with van der Waals surface area (Å²) in [6, 6.07) is 13.7. The fourth-order valence-corrected chi connectivity index (χ4v) is 3.87. The largest absolute Gasteiger partial charge is 0.480 e. The van der Waals surface area contributed by atoms with Crippen LogP contribution in [0, 0.1) is 0 Å². The van der Waals surface area contributed by atoms with Gasteiger partial charge in [0.1, 0.15) is 6.04 Å². The Labute approximate surface area is 167 Å². The van der Waals surface area contributed by atoms with E-state index in [-0.39, 0.29) is 18.7 Å². The molecule has 148 valence electrons. The number of aromatic amines is 1. The van der Waals surface area contributed by atoms with Crippen LogP contribution in [-0.4, -0.2) is 41.0 Å². The van der Waals surface area contributed by atoms with Crippen LogP contribution >= 0.6 is 0 Å². The lowest BCUT2D eigenvalue weighted by atomic mass is 9.88. The van der Waals surface area contributed by atoms with Crippen molar-refractivity contribution in [1.82, 2.24) is 10.3 Å². The third kappa shape index (κ3) is 3.47. The summed E-state index contributed by atoms with van der Waals surface area (Å²) in [6.07, 6.45) is 1.92. The summed E-state index contributed by atoms with van der Waals surface area (Å²) < 4.78 is 0. The van der Waals surface area contributed by atoms with E-state index in [1.165, 1.54) is 4.90 Å². The molecule has 1 aliphatic rings. The number of rotatable bonds is 5. The Morgan fingerprint density at radius 2 is 1.93 bits per heavy atom. The van der Waals surface area contributed by atoms with E-state index >= 15 is 0 Å². The minimum Gasteiger partial charge on any atom is -0.480 e. The molecular weight excluding hydrogens is 370 g/mol. The number of amides is 2. The van der Waals surface area contributed by atoms with Crippen LogP contribution in [-0.2, 0) is 20.8 Å². The average molecular weight is 391 g/mol. The number of carboxylic acids is 1. The minimum atomic E-state index is -1.11. The molecule has 2 atom stereocenters. The van der Waals surface area contributed by atoms with Crippen molar-refractivity contribution in [2.75, 3.05) is 11.9 Å². The summed E-state index contributed by atoms with van der Waals surface area (Å²) >= 11 is 0. The Kier molecular flexibility index (Phi) is 4.80. The Hall–Kier alpha value is -3.61. The van der Waals surface area contributed by atoms with Gasteiger partial charge in [0, 0.05) is 42.7 Å². The van der Waals surface area contributed by atoms with Crippen molar-refractivity contribution < 1.29 is 19.5 Å². The molecule has 7 nitrogen and oxygen atoms in total. The number of carboxylic acid groups (broad SMARTS) is 1. The summed E-state index contributed by atoms with van der Waals surface area (Å²) in [5.74, 6) is -2.45. The number of carbonyl (C=O) groups excluding carboxylic acids is 2. The van der Waals surface area contributed by atoms with Crippen molar-refractivity contribution in [3.05, 3.63) is 65.9 Å². The van der Waals surface area contributed by atoms with Crippen LogP contribution in [0.3, 0.4) is 0 Å². The van der Waals surface area contributed by atoms with E-state index in [9.17, 15) is 19.5 Å². The van der Waals surface area contributed by atoms with Crippen molar-refractivity contribution in [2.24, 2.45) is 0 Å². The number of anilines is 1. The van der Waals surface area contributed by atoms with E-state index in [1.807, 2.05) is 30.3 Å². The molecule has 0 spiro atoms.